The number of benzene rings is 2. The maximum atomic E-state index is 13.5. The van der Waals surface area contributed by atoms with Crippen LogP contribution in [0.1, 0.15) is 28.4 Å². The van der Waals surface area contributed by atoms with Gasteiger partial charge in [0.2, 0.25) is 0 Å². The van der Waals surface area contributed by atoms with Crippen LogP contribution in [0.5, 0.6) is 6.01 Å². The first-order valence-corrected chi connectivity index (χ1v) is 15.4. The van der Waals surface area contributed by atoms with Crippen molar-refractivity contribution in [2.45, 2.75) is 30.0 Å². The molecule has 45 heavy (non-hydrogen) atoms. The van der Waals surface area contributed by atoms with E-state index < -0.39 is 11.7 Å². The molecule has 2 aromatic carbocycles. The van der Waals surface area contributed by atoms with E-state index in [1.54, 1.807) is 60.7 Å². The summed E-state index contributed by atoms with van der Waals surface area (Å²) in [6, 6.07) is 15.4. The van der Waals surface area contributed by atoms with E-state index in [2.05, 4.69) is 19.9 Å². The highest BCUT2D eigenvalue weighted by molar-refractivity contribution is 7.98. The minimum Gasteiger partial charge on any atom is -0.467 e. The van der Waals surface area contributed by atoms with Crippen molar-refractivity contribution >= 4 is 41.2 Å². The highest BCUT2D eigenvalue weighted by Gasteiger charge is 2.22. The number of thioether (sulfide) groups is 1. The fourth-order valence-electron chi connectivity index (χ4n) is 4.51. The second-order valence-electron chi connectivity index (χ2n) is 10.1. The Bertz CT molecular complexity index is 1840. The van der Waals surface area contributed by atoms with Crippen LogP contribution in [0.15, 0.2) is 89.3 Å². The minimum atomic E-state index is -0.811. The predicted molar refractivity (Wildman–Crippen MR) is 172 cm³/mol. The number of hydrogen-bond acceptors (Lipinski definition) is 9. The topological polar surface area (TPSA) is 103 Å². The van der Waals surface area contributed by atoms with Gasteiger partial charge in [0.25, 0.3) is 5.56 Å². The number of aldehydes is 1. The van der Waals surface area contributed by atoms with Gasteiger partial charge in [0.05, 0.1) is 22.8 Å². The highest BCUT2D eigenvalue weighted by atomic mass is 35.5. The molecule has 0 N–H and O–H groups in total. The Balaban J connectivity index is 1.42. The van der Waals surface area contributed by atoms with Crippen LogP contribution in [0.25, 0.3) is 11.3 Å². The smallest absolute Gasteiger partial charge is 0.316 e. The largest absolute Gasteiger partial charge is 0.467 e. The number of ether oxygens (including phenoxy) is 1. The number of hydrogen-bond donors (Lipinski definition) is 0. The van der Waals surface area contributed by atoms with Crippen LogP contribution >= 0.6 is 35.0 Å². The van der Waals surface area contributed by atoms with E-state index in [0.29, 0.717) is 38.6 Å². The Morgan fingerprint density at radius 1 is 0.978 bits per heavy atom. The third-order valence-corrected chi connectivity index (χ3v) is 8.64. The first kappa shape index (κ1) is 32.2. The molecular formula is C32H27Cl2FN6O3S. The number of aromatic nitrogens is 5. The van der Waals surface area contributed by atoms with E-state index in [9.17, 15) is 14.0 Å². The van der Waals surface area contributed by atoms with Crippen molar-refractivity contribution in [2.24, 2.45) is 0 Å². The zero-order chi connectivity index (χ0) is 31.9. The molecule has 0 aliphatic heterocycles. The summed E-state index contributed by atoms with van der Waals surface area (Å²) in [7, 11) is 3.27. The summed E-state index contributed by atoms with van der Waals surface area (Å²) in [5.74, 6) is 0.0705. The van der Waals surface area contributed by atoms with Gasteiger partial charge in [-0.1, -0.05) is 59.2 Å². The maximum absolute atomic E-state index is 13.5. The van der Waals surface area contributed by atoms with Gasteiger partial charge in [-0.05, 0) is 54.1 Å². The van der Waals surface area contributed by atoms with Gasteiger partial charge in [0, 0.05) is 54.6 Å². The molecule has 5 rings (SSSR count). The van der Waals surface area contributed by atoms with E-state index >= 15 is 0 Å². The molecule has 0 aliphatic carbocycles. The lowest BCUT2D eigenvalue weighted by atomic mass is 10.1. The van der Waals surface area contributed by atoms with Crippen molar-refractivity contribution in [1.82, 2.24) is 29.4 Å². The molecule has 3 aromatic heterocycles. The SMILES string of the molecule is COc1ncc(Cc2cn(C(C=O)N(C)Cc3ccc(-c4ccc(Cl)c(Cl)c4)nc3)c(SCc3ccc(F)cc3)nc2=O)cn1. The van der Waals surface area contributed by atoms with Gasteiger partial charge in [-0.25, -0.2) is 14.4 Å². The number of carbonyl (C=O) groups excluding carboxylic acids is 1. The fraction of sp³-hybridized carbons (Fsp3) is 0.188. The molecule has 0 amide bonds. The van der Waals surface area contributed by atoms with Crippen LogP contribution in [-0.4, -0.2) is 49.8 Å². The molecule has 3 heterocycles. The van der Waals surface area contributed by atoms with Gasteiger partial charge < -0.3 is 9.30 Å². The molecule has 1 atom stereocenters. The van der Waals surface area contributed by atoms with Crippen LogP contribution in [0.4, 0.5) is 4.39 Å². The molecule has 0 spiro atoms. The Hall–Kier alpha value is -4.16. The third-order valence-electron chi connectivity index (χ3n) is 6.86. The van der Waals surface area contributed by atoms with Gasteiger partial charge in [-0.2, -0.15) is 4.98 Å². The molecule has 0 aliphatic rings. The number of nitrogens with zero attached hydrogens (tertiary/aromatic N) is 6. The van der Waals surface area contributed by atoms with Gasteiger partial charge in [0.1, 0.15) is 12.0 Å². The zero-order valence-electron chi connectivity index (χ0n) is 24.2. The first-order chi connectivity index (χ1) is 21.7. The molecule has 0 saturated carbocycles. The van der Waals surface area contributed by atoms with Crippen molar-refractivity contribution in [3.63, 3.8) is 0 Å². The van der Waals surface area contributed by atoms with E-state index in [0.717, 1.165) is 28.7 Å². The lowest BCUT2D eigenvalue weighted by molar-refractivity contribution is -0.115. The average molecular weight is 666 g/mol. The number of likely N-dealkylation sites (N-methyl/N-ethyl adjacent to an activating group) is 1. The quantitative estimate of drug-likeness (QED) is 0.0868. The van der Waals surface area contributed by atoms with Crippen molar-refractivity contribution in [3.05, 3.63) is 128 Å². The Morgan fingerprint density at radius 3 is 2.33 bits per heavy atom. The highest BCUT2D eigenvalue weighted by Crippen LogP contribution is 2.28. The summed E-state index contributed by atoms with van der Waals surface area (Å²) >= 11 is 13.5. The molecule has 1 unspecified atom stereocenters. The summed E-state index contributed by atoms with van der Waals surface area (Å²) in [4.78, 5) is 44.8. The summed E-state index contributed by atoms with van der Waals surface area (Å²) < 4.78 is 20.2. The second kappa shape index (κ2) is 14.7. The number of pyridine rings is 1. The van der Waals surface area contributed by atoms with Crippen molar-refractivity contribution in [1.29, 1.82) is 0 Å². The van der Waals surface area contributed by atoms with E-state index in [-0.39, 0.29) is 18.2 Å². The number of halogens is 3. The van der Waals surface area contributed by atoms with Crippen molar-refractivity contribution in [2.75, 3.05) is 14.2 Å². The van der Waals surface area contributed by atoms with Crippen LogP contribution in [0.2, 0.25) is 10.0 Å². The summed E-state index contributed by atoms with van der Waals surface area (Å²) in [6.45, 7) is 0.369. The number of rotatable bonds is 12. The zero-order valence-corrected chi connectivity index (χ0v) is 26.6. The number of methoxy groups -OCH3 is 1. The van der Waals surface area contributed by atoms with Gasteiger partial charge >= 0.3 is 6.01 Å². The lowest BCUT2D eigenvalue weighted by Gasteiger charge is -2.28. The van der Waals surface area contributed by atoms with Crippen LogP contribution < -0.4 is 10.3 Å². The standard InChI is InChI=1S/C32H27Cl2FN6O3S/c1-40(16-21-5-10-28(36-13-21)23-6-9-26(33)27(34)12-23)29(18-42)41-17-24(11-22-14-37-31(44-2)38-15-22)30(43)39-32(41)45-19-20-3-7-25(35)8-4-20/h3-10,12-15,17-18,29H,11,16,19H2,1-2H3. The van der Waals surface area contributed by atoms with E-state index in [4.69, 9.17) is 27.9 Å². The van der Waals surface area contributed by atoms with Crippen molar-refractivity contribution < 1.29 is 13.9 Å². The maximum Gasteiger partial charge on any atom is 0.316 e. The van der Waals surface area contributed by atoms with Gasteiger partial charge in [-0.3, -0.25) is 19.5 Å². The molecule has 230 valence electrons. The Labute approximate surface area is 273 Å². The summed E-state index contributed by atoms with van der Waals surface area (Å²) in [5, 5.41) is 1.25. The second-order valence-corrected chi connectivity index (χ2v) is 11.8. The van der Waals surface area contributed by atoms with Gasteiger partial charge in [-0.15, -0.1) is 0 Å². The average Bonchev–Trinajstić information content (AvgIpc) is 3.05. The fourth-order valence-corrected chi connectivity index (χ4v) is 5.75. The third kappa shape index (κ3) is 8.12. The first-order valence-electron chi connectivity index (χ1n) is 13.6. The number of carbonyl (C=O) groups is 1. The van der Waals surface area contributed by atoms with Crippen LogP contribution in [0.3, 0.4) is 0 Å². The molecule has 0 saturated heterocycles. The van der Waals surface area contributed by atoms with E-state index in [1.165, 1.54) is 31.0 Å². The minimum absolute atomic E-state index is 0.203. The molecule has 13 heteroatoms. The molecule has 0 bridgehead atoms. The Morgan fingerprint density at radius 2 is 1.69 bits per heavy atom. The van der Waals surface area contributed by atoms with Crippen molar-refractivity contribution in [3.8, 4) is 17.3 Å². The molecule has 0 radical (unpaired) electrons. The summed E-state index contributed by atoms with van der Waals surface area (Å²) in [6.07, 6.45) is 6.72. The Kier molecular flexibility index (Phi) is 10.6. The monoisotopic (exact) mass is 664 g/mol. The van der Waals surface area contributed by atoms with E-state index in [1.807, 2.05) is 23.1 Å². The van der Waals surface area contributed by atoms with Crippen LogP contribution in [-0.2, 0) is 23.5 Å². The molecule has 5 aromatic rings. The molecule has 0 fully saturated rings. The molecule has 9 nitrogen and oxygen atoms in total. The van der Waals surface area contributed by atoms with Gasteiger partial charge in [0.15, 0.2) is 11.4 Å². The summed E-state index contributed by atoms with van der Waals surface area (Å²) in [5.41, 5.74) is 3.86. The lowest BCUT2D eigenvalue weighted by Crippen LogP contribution is -2.33. The predicted octanol–water partition coefficient (Wildman–Crippen LogP) is 6.26. The normalized spacial score (nSPS) is 11.9. The van der Waals surface area contributed by atoms with Crippen LogP contribution in [0, 0.1) is 5.82 Å². The molecular weight excluding hydrogens is 638 g/mol.